The molecule has 0 heterocycles. The predicted octanol–water partition coefficient (Wildman–Crippen LogP) is 3.26. The van der Waals surface area contributed by atoms with Gasteiger partial charge in [0.1, 0.15) is 6.61 Å². The average Bonchev–Trinajstić information content (AvgIpc) is 2.61. The topological polar surface area (TPSA) is 112 Å². The van der Waals surface area contributed by atoms with Crippen LogP contribution in [-0.2, 0) is 18.3 Å². The highest BCUT2D eigenvalue weighted by atomic mass is 32.2. The van der Waals surface area contributed by atoms with Crippen LogP contribution in [0.15, 0.2) is 4.99 Å². The van der Waals surface area contributed by atoms with Crippen LogP contribution < -0.4 is 11.1 Å². The van der Waals surface area contributed by atoms with Crippen LogP contribution in [0.4, 0.5) is 4.79 Å². The van der Waals surface area contributed by atoms with Crippen LogP contribution in [0.1, 0.15) is 38.5 Å². The van der Waals surface area contributed by atoms with E-state index in [0.717, 1.165) is 44.3 Å². The van der Waals surface area contributed by atoms with E-state index >= 15 is 0 Å². The molecule has 0 rings (SSSR count). The monoisotopic (exact) mass is 411 g/mol. The summed E-state index contributed by atoms with van der Waals surface area (Å²) < 4.78 is 26.4. The first-order chi connectivity index (χ1) is 12.4. The van der Waals surface area contributed by atoms with Gasteiger partial charge in [0.25, 0.3) is 0 Å². The molecule has 0 radical (unpaired) electrons. The van der Waals surface area contributed by atoms with Crippen LogP contribution in [0.5, 0.6) is 0 Å². The molecule has 1 atom stereocenters. The number of carbonyl (C=O) groups excluding carboxylic acids is 1. The number of ether oxygens (including phenoxy) is 1. The number of hydrogen-bond acceptors (Lipinski definition) is 7. The van der Waals surface area contributed by atoms with E-state index in [1.54, 1.807) is 11.8 Å². The first-order valence-corrected chi connectivity index (χ1v) is 12.3. The molecular weight excluding hydrogens is 377 g/mol. The second kappa shape index (κ2) is 16.4. The van der Waals surface area contributed by atoms with Gasteiger partial charge in [-0.1, -0.05) is 12.8 Å². The van der Waals surface area contributed by atoms with Crippen LogP contribution in [0.3, 0.4) is 0 Å². The smallest absolute Gasteiger partial charge is 0.407 e. The Balaban J connectivity index is 3.47. The molecule has 0 aromatic rings. The number of nitrogens with zero attached hydrogens (tertiary/aromatic N) is 1. The SMILES string of the molecule is COP(C)(=O)OCCCCCCNC(=O)OCCN=C(N)CCCSC. The number of amides is 1. The van der Waals surface area contributed by atoms with Crippen LogP contribution in [0, 0.1) is 0 Å². The van der Waals surface area contributed by atoms with Crippen molar-refractivity contribution in [3.8, 4) is 0 Å². The molecule has 0 saturated heterocycles. The molecule has 0 bridgehead atoms. The van der Waals surface area contributed by atoms with Crippen LogP contribution in [0.25, 0.3) is 0 Å². The lowest BCUT2D eigenvalue weighted by atomic mass is 10.2. The third-order valence-corrected chi connectivity index (χ3v) is 5.43. The van der Waals surface area contributed by atoms with Gasteiger partial charge in [-0.05, 0) is 31.3 Å². The highest BCUT2D eigenvalue weighted by Gasteiger charge is 2.12. The molecule has 0 aromatic heterocycles. The Morgan fingerprint density at radius 1 is 1.19 bits per heavy atom. The molecule has 0 saturated carbocycles. The number of aliphatic imine (C=N–C) groups is 1. The average molecular weight is 412 g/mol. The summed E-state index contributed by atoms with van der Waals surface area (Å²) in [7, 11) is -1.49. The molecule has 0 fully saturated rings. The third-order valence-electron chi connectivity index (χ3n) is 3.42. The van der Waals surface area contributed by atoms with Crippen molar-refractivity contribution < 1.29 is 23.1 Å². The van der Waals surface area contributed by atoms with Crippen molar-refractivity contribution in [3.05, 3.63) is 0 Å². The molecule has 0 aromatic carbocycles. The van der Waals surface area contributed by atoms with Crippen molar-refractivity contribution >= 4 is 31.3 Å². The van der Waals surface area contributed by atoms with Crippen molar-refractivity contribution in [2.24, 2.45) is 10.7 Å². The number of amidine groups is 1. The highest BCUT2D eigenvalue weighted by molar-refractivity contribution is 7.98. The van der Waals surface area contributed by atoms with E-state index in [4.69, 9.17) is 19.5 Å². The maximum atomic E-state index is 11.5. The van der Waals surface area contributed by atoms with Crippen LogP contribution in [-0.4, -0.2) is 64.0 Å². The van der Waals surface area contributed by atoms with Crippen molar-refractivity contribution in [1.29, 1.82) is 0 Å². The van der Waals surface area contributed by atoms with E-state index < -0.39 is 13.7 Å². The maximum Gasteiger partial charge on any atom is 0.407 e. The van der Waals surface area contributed by atoms with Crippen molar-refractivity contribution in [3.63, 3.8) is 0 Å². The summed E-state index contributed by atoms with van der Waals surface area (Å²) in [6.07, 6.45) is 6.95. The van der Waals surface area contributed by atoms with Gasteiger partial charge in [0, 0.05) is 26.7 Å². The molecule has 0 aliphatic rings. The number of unbranched alkanes of at least 4 members (excludes halogenated alkanes) is 3. The Kier molecular flexibility index (Phi) is 15.9. The molecule has 0 aliphatic carbocycles. The van der Waals surface area contributed by atoms with Crippen LogP contribution >= 0.6 is 19.4 Å². The fourth-order valence-corrected chi connectivity index (χ4v) is 2.91. The molecule has 3 N–H and O–H groups in total. The van der Waals surface area contributed by atoms with Crippen molar-refractivity contribution in [2.45, 2.75) is 38.5 Å². The zero-order valence-corrected chi connectivity index (χ0v) is 17.9. The van der Waals surface area contributed by atoms with Gasteiger partial charge in [-0.2, -0.15) is 11.8 Å². The summed E-state index contributed by atoms with van der Waals surface area (Å²) in [5, 5.41) is 2.70. The first kappa shape index (κ1) is 25.2. The lowest BCUT2D eigenvalue weighted by Gasteiger charge is -2.10. The summed E-state index contributed by atoms with van der Waals surface area (Å²) in [4.78, 5) is 15.7. The zero-order valence-electron chi connectivity index (χ0n) is 16.2. The highest BCUT2D eigenvalue weighted by Crippen LogP contribution is 2.42. The number of alkyl carbamates (subject to hydrolysis) is 1. The molecule has 0 aliphatic heterocycles. The maximum absolute atomic E-state index is 11.5. The predicted molar refractivity (Wildman–Crippen MR) is 108 cm³/mol. The van der Waals surface area contributed by atoms with Gasteiger partial charge in [-0.3, -0.25) is 9.56 Å². The Labute approximate surface area is 161 Å². The van der Waals surface area contributed by atoms with Gasteiger partial charge in [0.2, 0.25) is 0 Å². The lowest BCUT2D eigenvalue weighted by Crippen LogP contribution is -2.26. The Bertz CT molecular complexity index is 452. The van der Waals surface area contributed by atoms with Gasteiger partial charge in [-0.15, -0.1) is 0 Å². The van der Waals surface area contributed by atoms with E-state index in [2.05, 4.69) is 16.6 Å². The molecule has 10 heteroatoms. The number of carbonyl (C=O) groups is 1. The molecule has 0 spiro atoms. The quantitative estimate of drug-likeness (QED) is 0.173. The number of rotatable bonds is 16. The largest absolute Gasteiger partial charge is 0.448 e. The van der Waals surface area contributed by atoms with Crippen LogP contribution in [0.2, 0.25) is 0 Å². The summed E-state index contributed by atoms with van der Waals surface area (Å²) in [6, 6.07) is 0. The van der Waals surface area contributed by atoms with Gasteiger partial charge in [0.05, 0.1) is 19.0 Å². The molecule has 1 amide bonds. The normalized spacial score (nSPS) is 14.0. The summed E-state index contributed by atoms with van der Waals surface area (Å²) >= 11 is 1.78. The third kappa shape index (κ3) is 16.7. The van der Waals surface area contributed by atoms with E-state index in [-0.39, 0.29) is 6.61 Å². The summed E-state index contributed by atoms with van der Waals surface area (Å²) in [5.41, 5.74) is 5.76. The van der Waals surface area contributed by atoms with Crippen molar-refractivity contribution in [1.82, 2.24) is 5.32 Å². The van der Waals surface area contributed by atoms with Crippen molar-refractivity contribution in [2.75, 3.05) is 52.1 Å². The fourth-order valence-electron chi connectivity index (χ4n) is 1.91. The molecule has 1 unspecified atom stereocenters. The van der Waals surface area contributed by atoms with E-state index in [1.165, 1.54) is 13.8 Å². The molecule has 154 valence electrons. The number of nitrogens with two attached hydrogens (primary N) is 1. The van der Waals surface area contributed by atoms with Gasteiger partial charge in [-0.25, -0.2) is 4.79 Å². The number of thioether (sulfide) groups is 1. The Morgan fingerprint density at radius 3 is 2.62 bits per heavy atom. The zero-order chi connectivity index (χ0) is 19.7. The van der Waals surface area contributed by atoms with Gasteiger partial charge < -0.3 is 24.8 Å². The molecular formula is C16H34N3O5PS. The Morgan fingerprint density at radius 2 is 1.92 bits per heavy atom. The van der Waals surface area contributed by atoms with E-state index in [0.29, 0.717) is 25.5 Å². The Hall–Kier alpha value is -0.760. The number of nitrogens with one attached hydrogen (secondary N) is 1. The minimum absolute atomic E-state index is 0.225. The molecule has 26 heavy (non-hydrogen) atoms. The lowest BCUT2D eigenvalue weighted by molar-refractivity contribution is 0.149. The minimum atomic E-state index is -2.87. The van der Waals surface area contributed by atoms with E-state index in [9.17, 15) is 9.36 Å². The summed E-state index contributed by atoms with van der Waals surface area (Å²) in [5.74, 6) is 1.67. The first-order valence-electron chi connectivity index (χ1n) is 8.87. The second-order valence-electron chi connectivity index (χ2n) is 5.73. The standard InChI is InChI=1S/C16H34N3O5PS/c1-22-25(2,21)24-12-7-5-4-6-10-19-16(20)23-13-11-18-15(17)9-8-14-26-3/h4-14H2,1-3H3,(H2,17,18)(H,19,20). The number of hydrogen-bond donors (Lipinski definition) is 2. The van der Waals surface area contributed by atoms with Gasteiger partial charge >= 0.3 is 13.7 Å². The minimum Gasteiger partial charge on any atom is -0.448 e. The molecule has 8 nitrogen and oxygen atoms in total. The second-order valence-corrected chi connectivity index (χ2v) is 8.89. The van der Waals surface area contributed by atoms with E-state index in [1.807, 2.05) is 0 Å². The fraction of sp³-hybridized carbons (Fsp3) is 0.875. The van der Waals surface area contributed by atoms with Gasteiger partial charge in [0.15, 0.2) is 0 Å². The summed E-state index contributed by atoms with van der Waals surface area (Å²) in [6.45, 7) is 3.04.